The van der Waals surface area contributed by atoms with Gasteiger partial charge in [0.25, 0.3) is 0 Å². The van der Waals surface area contributed by atoms with E-state index in [-0.39, 0.29) is 12.0 Å². The van der Waals surface area contributed by atoms with Crippen LogP contribution in [-0.4, -0.2) is 33.6 Å². The second-order valence-electron chi connectivity index (χ2n) is 6.44. The van der Waals surface area contributed by atoms with E-state index in [0.717, 1.165) is 40.8 Å². The number of rotatable bonds is 5. The van der Waals surface area contributed by atoms with E-state index in [0.29, 0.717) is 13.2 Å². The third-order valence-electron chi connectivity index (χ3n) is 4.62. The average molecular weight is 360 g/mol. The van der Waals surface area contributed by atoms with Gasteiger partial charge in [-0.05, 0) is 36.1 Å². The standard InChI is InChI=1S/C21H20N4O2/c26-21(19-2-1-11-27-19)24-12-15-3-5-17(6-4-15)20-18(13-23-14-25-20)16-7-9-22-10-8-16/h3-10,13-14,19H,1-2,11-12H2,(H,24,26)/t19-/m1/s1. The predicted molar refractivity (Wildman–Crippen MR) is 102 cm³/mol. The van der Waals surface area contributed by atoms with Gasteiger partial charge >= 0.3 is 0 Å². The van der Waals surface area contributed by atoms with Gasteiger partial charge < -0.3 is 10.1 Å². The maximum atomic E-state index is 12.1. The molecule has 1 aliphatic heterocycles. The second kappa shape index (κ2) is 8.05. The van der Waals surface area contributed by atoms with Gasteiger partial charge in [0.2, 0.25) is 5.91 Å². The van der Waals surface area contributed by atoms with Gasteiger partial charge in [-0.1, -0.05) is 24.3 Å². The highest BCUT2D eigenvalue weighted by atomic mass is 16.5. The lowest BCUT2D eigenvalue weighted by molar-refractivity contribution is -0.130. The highest BCUT2D eigenvalue weighted by molar-refractivity contribution is 5.81. The first kappa shape index (κ1) is 17.3. The maximum absolute atomic E-state index is 12.1. The first-order chi connectivity index (χ1) is 13.3. The largest absolute Gasteiger partial charge is 0.368 e. The summed E-state index contributed by atoms with van der Waals surface area (Å²) in [7, 11) is 0. The van der Waals surface area contributed by atoms with Crippen LogP contribution in [0.3, 0.4) is 0 Å². The summed E-state index contributed by atoms with van der Waals surface area (Å²) in [5.41, 5.74) is 4.88. The smallest absolute Gasteiger partial charge is 0.249 e. The molecule has 1 amide bonds. The van der Waals surface area contributed by atoms with E-state index in [2.05, 4.69) is 20.3 Å². The minimum absolute atomic E-state index is 0.0349. The minimum Gasteiger partial charge on any atom is -0.368 e. The van der Waals surface area contributed by atoms with Crippen LogP contribution in [0.15, 0.2) is 61.3 Å². The van der Waals surface area contributed by atoms with Gasteiger partial charge in [-0.3, -0.25) is 9.78 Å². The van der Waals surface area contributed by atoms with Gasteiger partial charge in [0.1, 0.15) is 12.4 Å². The molecule has 3 aromatic rings. The number of ether oxygens (including phenoxy) is 1. The van der Waals surface area contributed by atoms with E-state index < -0.39 is 0 Å². The number of nitrogens with zero attached hydrogens (tertiary/aromatic N) is 3. The van der Waals surface area contributed by atoms with Crippen LogP contribution in [0.2, 0.25) is 0 Å². The quantitative estimate of drug-likeness (QED) is 0.757. The maximum Gasteiger partial charge on any atom is 0.249 e. The summed E-state index contributed by atoms with van der Waals surface area (Å²) in [6.45, 7) is 1.16. The molecule has 3 heterocycles. The Hall–Kier alpha value is -3.12. The Kier molecular flexibility index (Phi) is 5.16. The summed E-state index contributed by atoms with van der Waals surface area (Å²) in [6.07, 6.45) is 8.33. The van der Waals surface area contributed by atoms with Crippen LogP contribution in [0, 0.1) is 0 Å². The molecule has 1 aromatic carbocycles. The topological polar surface area (TPSA) is 77.0 Å². The van der Waals surface area contributed by atoms with E-state index >= 15 is 0 Å². The Bertz CT molecular complexity index is 907. The Balaban J connectivity index is 1.49. The van der Waals surface area contributed by atoms with E-state index in [1.165, 1.54) is 0 Å². The van der Waals surface area contributed by atoms with Crippen molar-refractivity contribution in [1.82, 2.24) is 20.3 Å². The summed E-state index contributed by atoms with van der Waals surface area (Å²) < 4.78 is 5.40. The lowest BCUT2D eigenvalue weighted by Gasteiger charge is -2.11. The van der Waals surface area contributed by atoms with Crippen LogP contribution in [0.25, 0.3) is 22.4 Å². The van der Waals surface area contributed by atoms with Gasteiger partial charge in [-0.25, -0.2) is 9.97 Å². The normalized spacial score (nSPS) is 16.2. The van der Waals surface area contributed by atoms with Gasteiger partial charge in [0.05, 0.1) is 5.69 Å². The molecule has 1 N–H and O–H groups in total. The van der Waals surface area contributed by atoms with Crippen LogP contribution >= 0.6 is 0 Å². The third-order valence-corrected chi connectivity index (χ3v) is 4.62. The number of hydrogen-bond donors (Lipinski definition) is 1. The molecule has 0 bridgehead atoms. The molecule has 0 aliphatic carbocycles. The SMILES string of the molecule is O=C(NCc1ccc(-c2ncncc2-c2ccncc2)cc1)[C@H]1CCCO1. The average Bonchev–Trinajstić information content (AvgIpc) is 3.28. The van der Waals surface area contributed by atoms with Gasteiger partial charge in [-0.2, -0.15) is 0 Å². The van der Waals surface area contributed by atoms with Gasteiger partial charge in [-0.15, -0.1) is 0 Å². The van der Waals surface area contributed by atoms with Crippen LogP contribution in [-0.2, 0) is 16.1 Å². The van der Waals surface area contributed by atoms with Crippen molar-refractivity contribution in [3.63, 3.8) is 0 Å². The van der Waals surface area contributed by atoms with Crippen molar-refractivity contribution in [2.45, 2.75) is 25.5 Å². The summed E-state index contributed by atoms with van der Waals surface area (Å²) >= 11 is 0. The molecule has 1 aliphatic rings. The fourth-order valence-corrected chi connectivity index (χ4v) is 3.17. The first-order valence-electron chi connectivity index (χ1n) is 9.00. The molecule has 0 unspecified atom stereocenters. The van der Waals surface area contributed by atoms with Crippen molar-refractivity contribution >= 4 is 5.91 Å². The molecule has 2 aromatic heterocycles. The number of pyridine rings is 1. The minimum atomic E-state index is -0.298. The summed E-state index contributed by atoms with van der Waals surface area (Å²) in [5.74, 6) is -0.0349. The second-order valence-corrected chi connectivity index (χ2v) is 6.44. The number of carbonyl (C=O) groups excluding carboxylic acids is 1. The lowest BCUT2D eigenvalue weighted by atomic mass is 10.0. The monoisotopic (exact) mass is 360 g/mol. The number of aromatic nitrogens is 3. The fourth-order valence-electron chi connectivity index (χ4n) is 3.17. The predicted octanol–water partition coefficient (Wildman–Crippen LogP) is 3.00. The summed E-state index contributed by atoms with van der Waals surface area (Å²) in [5, 5.41) is 2.94. The molecular formula is C21H20N4O2. The van der Waals surface area contributed by atoms with Gasteiger partial charge in [0.15, 0.2) is 0 Å². The molecule has 1 fully saturated rings. The van der Waals surface area contributed by atoms with Crippen LogP contribution < -0.4 is 5.32 Å². The molecule has 4 rings (SSSR count). The van der Waals surface area contributed by atoms with Crippen molar-refractivity contribution in [2.75, 3.05) is 6.61 Å². The Morgan fingerprint density at radius 3 is 2.63 bits per heavy atom. The van der Waals surface area contributed by atoms with Crippen molar-refractivity contribution in [3.8, 4) is 22.4 Å². The zero-order valence-corrected chi connectivity index (χ0v) is 14.8. The number of nitrogens with one attached hydrogen (secondary N) is 1. The molecule has 1 atom stereocenters. The van der Waals surface area contributed by atoms with Crippen molar-refractivity contribution < 1.29 is 9.53 Å². The molecule has 27 heavy (non-hydrogen) atoms. The van der Waals surface area contributed by atoms with Crippen molar-refractivity contribution in [3.05, 3.63) is 66.9 Å². The highest BCUT2D eigenvalue weighted by Gasteiger charge is 2.22. The lowest BCUT2D eigenvalue weighted by Crippen LogP contribution is -2.33. The van der Waals surface area contributed by atoms with E-state index in [1.54, 1.807) is 18.7 Å². The molecule has 0 saturated carbocycles. The Morgan fingerprint density at radius 2 is 1.89 bits per heavy atom. The van der Waals surface area contributed by atoms with Crippen molar-refractivity contribution in [2.24, 2.45) is 0 Å². The molecule has 136 valence electrons. The van der Waals surface area contributed by atoms with E-state index in [9.17, 15) is 4.79 Å². The number of benzene rings is 1. The van der Waals surface area contributed by atoms with Gasteiger partial charge in [0, 0.05) is 42.9 Å². The van der Waals surface area contributed by atoms with Crippen LogP contribution in [0.1, 0.15) is 18.4 Å². The molecule has 1 saturated heterocycles. The van der Waals surface area contributed by atoms with E-state index in [1.807, 2.05) is 42.6 Å². The zero-order chi connectivity index (χ0) is 18.5. The summed E-state index contributed by atoms with van der Waals surface area (Å²) in [4.78, 5) is 24.7. The Morgan fingerprint density at radius 1 is 1.07 bits per heavy atom. The highest BCUT2D eigenvalue weighted by Crippen LogP contribution is 2.29. The third kappa shape index (κ3) is 4.01. The first-order valence-corrected chi connectivity index (χ1v) is 9.00. The van der Waals surface area contributed by atoms with Crippen molar-refractivity contribution in [1.29, 1.82) is 0 Å². The van der Waals surface area contributed by atoms with Crippen LogP contribution in [0.5, 0.6) is 0 Å². The zero-order valence-electron chi connectivity index (χ0n) is 14.8. The summed E-state index contributed by atoms with van der Waals surface area (Å²) in [6, 6.07) is 11.9. The Labute approximate surface area is 157 Å². The molecule has 0 spiro atoms. The number of hydrogen-bond acceptors (Lipinski definition) is 5. The molecule has 6 nitrogen and oxygen atoms in total. The van der Waals surface area contributed by atoms with E-state index in [4.69, 9.17) is 4.74 Å². The van der Waals surface area contributed by atoms with Crippen LogP contribution in [0.4, 0.5) is 0 Å². The number of carbonyl (C=O) groups is 1. The molecular weight excluding hydrogens is 340 g/mol. The molecule has 6 heteroatoms. The number of amides is 1. The fraction of sp³-hybridized carbons (Fsp3) is 0.238. The molecule has 0 radical (unpaired) electrons.